The number of carbonyl (C=O) groups is 1. The van der Waals surface area contributed by atoms with Crippen LogP contribution in [0, 0.1) is 0 Å². The van der Waals surface area contributed by atoms with Crippen molar-refractivity contribution in [2.24, 2.45) is 0 Å². The molecule has 7 heteroatoms. The van der Waals surface area contributed by atoms with Gasteiger partial charge in [0.1, 0.15) is 5.75 Å². The van der Waals surface area contributed by atoms with Crippen LogP contribution in [0.2, 0.25) is 0 Å². The lowest BCUT2D eigenvalue weighted by molar-refractivity contribution is -0.143. The van der Waals surface area contributed by atoms with Gasteiger partial charge in [-0.05, 0) is 24.6 Å². The van der Waals surface area contributed by atoms with Gasteiger partial charge in [0.05, 0.1) is 5.56 Å². The Morgan fingerprint density at radius 1 is 1.17 bits per heavy atom. The summed E-state index contributed by atoms with van der Waals surface area (Å²) >= 11 is 0. The molecular weight excluding hydrogens is 323 g/mol. The minimum Gasteiger partial charge on any atom is -0.462 e. The molecule has 2 rings (SSSR count). The fourth-order valence-corrected chi connectivity index (χ4v) is 1.92. The minimum atomic E-state index is -4.47. The fourth-order valence-electron chi connectivity index (χ4n) is 1.92. The van der Waals surface area contributed by atoms with Gasteiger partial charge in [0.15, 0.2) is 6.10 Å². The van der Waals surface area contributed by atoms with E-state index < -0.39 is 23.8 Å². The van der Waals surface area contributed by atoms with Crippen LogP contribution >= 0.6 is 0 Å². The Balaban J connectivity index is 2.06. The third kappa shape index (κ3) is 4.97. The number of hydrogen-bond donors (Lipinski definition) is 0. The van der Waals surface area contributed by atoms with Gasteiger partial charge in [-0.2, -0.15) is 13.2 Å². The van der Waals surface area contributed by atoms with Gasteiger partial charge in [0, 0.05) is 12.3 Å². The third-order valence-electron chi connectivity index (χ3n) is 3.10. The molecule has 24 heavy (non-hydrogen) atoms. The van der Waals surface area contributed by atoms with E-state index in [0.29, 0.717) is 24.8 Å². The molecule has 1 heterocycles. The normalized spacial score (nSPS) is 12.5. The average molecular weight is 339 g/mol. The van der Waals surface area contributed by atoms with Crippen LogP contribution in [0.15, 0.2) is 48.7 Å². The topological polar surface area (TPSA) is 48.4 Å². The summed E-state index contributed by atoms with van der Waals surface area (Å²) < 4.78 is 48.2. The molecule has 0 N–H and O–H groups in total. The number of alkyl halides is 3. The number of pyridine rings is 1. The van der Waals surface area contributed by atoms with E-state index in [4.69, 9.17) is 9.47 Å². The molecule has 128 valence electrons. The highest BCUT2D eigenvalue weighted by Gasteiger charge is 2.31. The molecule has 4 nitrogen and oxygen atoms in total. The highest BCUT2D eigenvalue weighted by molar-refractivity contribution is 5.77. The minimum absolute atomic E-state index is 0.0635. The van der Waals surface area contributed by atoms with Crippen LogP contribution in [0.4, 0.5) is 13.2 Å². The second-order valence-corrected chi connectivity index (χ2v) is 5.01. The molecule has 1 aromatic heterocycles. The number of carbonyl (C=O) groups excluding carboxylic acids is 1. The van der Waals surface area contributed by atoms with Gasteiger partial charge < -0.3 is 9.47 Å². The van der Waals surface area contributed by atoms with Gasteiger partial charge in [-0.1, -0.05) is 31.5 Å². The zero-order valence-corrected chi connectivity index (χ0v) is 12.9. The maximum atomic E-state index is 12.5. The van der Waals surface area contributed by atoms with Crippen molar-refractivity contribution in [2.45, 2.75) is 32.0 Å². The number of aromatic nitrogens is 1. The number of halogens is 3. The molecule has 0 saturated heterocycles. The maximum Gasteiger partial charge on any atom is 0.417 e. The summed E-state index contributed by atoms with van der Waals surface area (Å²) in [7, 11) is 0. The van der Waals surface area contributed by atoms with Crippen LogP contribution in [0.25, 0.3) is 0 Å². The largest absolute Gasteiger partial charge is 0.462 e. The van der Waals surface area contributed by atoms with Gasteiger partial charge in [-0.15, -0.1) is 0 Å². The van der Waals surface area contributed by atoms with Gasteiger partial charge in [0.25, 0.3) is 0 Å². The van der Waals surface area contributed by atoms with Gasteiger partial charge in [0.2, 0.25) is 5.88 Å². The summed E-state index contributed by atoms with van der Waals surface area (Å²) in [4.78, 5) is 15.8. The summed E-state index contributed by atoms with van der Waals surface area (Å²) in [6.45, 7) is 1.85. The molecule has 0 bridgehead atoms. The Bertz CT molecular complexity index is 657. The number of ether oxygens (including phenoxy) is 2. The lowest BCUT2D eigenvalue weighted by Crippen LogP contribution is -2.31. The van der Waals surface area contributed by atoms with E-state index in [9.17, 15) is 18.0 Å². The van der Waals surface area contributed by atoms with E-state index in [2.05, 4.69) is 4.98 Å². The summed E-state index contributed by atoms with van der Waals surface area (Å²) in [5, 5.41) is 0. The fraction of sp³-hybridized carbons (Fsp3) is 0.294. The Kier molecular flexibility index (Phi) is 5.78. The second-order valence-electron chi connectivity index (χ2n) is 5.01. The first-order valence-electron chi connectivity index (χ1n) is 7.37. The maximum absolute atomic E-state index is 12.5. The molecule has 1 atom stereocenters. The molecule has 0 amide bonds. The van der Waals surface area contributed by atoms with Crippen LogP contribution in [-0.4, -0.2) is 17.1 Å². The van der Waals surface area contributed by atoms with E-state index in [-0.39, 0.29) is 5.88 Å². The Morgan fingerprint density at radius 3 is 2.42 bits per heavy atom. The molecule has 0 fully saturated rings. The van der Waals surface area contributed by atoms with E-state index in [0.717, 1.165) is 12.1 Å². The number of para-hydroxylation sites is 1. The van der Waals surface area contributed by atoms with Crippen LogP contribution < -0.4 is 9.47 Å². The highest BCUT2D eigenvalue weighted by Crippen LogP contribution is 2.29. The van der Waals surface area contributed by atoms with Gasteiger partial charge in [-0.25, -0.2) is 9.78 Å². The zero-order chi connectivity index (χ0) is 17.6. The Morgan fingerprint density at radius 2 is 1.88 bits per heavy atom. The molecule has 0 aliphatic rings. The highest BCUT2D eigenvalue weighted by atomic mass is 19.4. The summed E-state index contributed by atoms with van der Waals surface area (Å²) in [5.41, 5.74) is -0.881. The quantitative estimate of drug-likeness (QED) is 0.583. The van der Waals surface area contributed by atoms with Gasteiger partial charge in [-0.3, -0.25) is 0 Å². The first-order valence-corrected chi connectivity index (χ1v) is 7.37. The standard InChI is InChI=1S/C17H16F3NO3/c1-2-6-14(16(22)23-13-7-4-3-5-8-13)24-15-10-9-12(11-21-15)17(18,19)20/h3-5,7-11,14H,2,6H2,1H3. The molecule has 1 unspecified atom stereocenters. The lowest BCUT2D eigenvalue weighted by atomic mass is 10.2. The van der Waals surface area contributed by atoms with Crippen LogP contribution in [-0.2, 0) is 11.0 Å². The lowest BCUT2D eigenvalue weighted by Gasteiger charge is -2.17. The predicted molar refractivity (Wildman–Crippen MR) is 80.6 cm³/mol. The predicted octanol–water partition coefficient (Wildman–Crippen LogP) is 4.25. The monoisotopic (exact) mass is 339 g/mol. The van der Waals surface area contributed by atoms with Crippen LogP contribution in [0.1, 0.15) is 25.3 Å². The van der Waals surface area contributed by atoms with Crippen LogP contribution in [0.5, 0.6) is 11.6 Å². The molecular formula is C17H16F3NO3. The SMILES string of the molecule is CCCC(Oc1ccc(C(F)(F)F)cn1)C(=O)Oc1ccccc1. The number of rotatable bonds is 6. The number of benzene rings is 1. The first kappa shape index (κ1) is 17.8. The molecule has 1 aromatic carbocycles. The molecule has 0 aliphatic heterocycles. The Hall–Kier alpha value is -2.57. The van der Waals surface area contributed by atoms with E-state index in [1.54, 1.807) is 30.3 Å². The number of hydrogen-bond acceptors (Lipinski definition) is 4. The van der Waals surface area contributed by atoms with Crippen molar-refractivity contribution >= 4 is 5.97 Å². The molecule has 0 saturated carbocycles. The van der Waals surface area contributed by atoms with Crippen molar-refractivity contribution in [1.82, 2.24) is 4.98 Å². The molecule has 2 aromatic rings. The van der Waals surface area contributed by atoms with Crippen molar-refractivity contribution in [1.29, 1.82) is 0 Å². The number of nitrogens with zero attached hydrogens (tertiary/aromatic N) is 1. The molecule has 0 radical (unpaired) electrons. The van der Waals surface area contributed by atoms with Crippen molar-refractivity contribution in [3.8, 4) is 11.6 Å². The van der Waals surface area contributed by atoms with Crippen molar-refractivity contribution < 1.29 is 27.4 Å². The van der Waals surface area contributed by atoms with E-state index in [1.165, 1.54) is 0 Å². The average Bonchev–Trinajstić information content (AvgIpc) is 2.55. The Labute approximate surface area is 137 Å². The molecule has 0 spiro atoms. The smallest absolute Gasteiger partial charge is 0.417 e. The number of esters is 1. The second kappa shape index (κ2) is 7.81. The van der Waals surface area contributed by atoms with Crippen molar-refractivity contribution in [3.05, 3.63) is 54.2 Å². The first-order chi connectivity index (χ1) is 11.4. The third-order valence-corrected chi connectivity index (χ3v) is 3.10. The molecule has 0 aliphatic carbocycles. The summed E-state index contributed by atoms with van der Waals surface area (Å²) in [5.74, 6) is -0.316. The van der Waals surface area contributed by atoms with Crippen LogP contribution in [0.3, 0.4) is 0 Å². The summed E-state index contributed by atoms with van der Waals surface area (Å²) in [6.07, 6.45) is -3.76. The van der Waals surface area contributed by atoms with Crippen molar-refractivity contribution in [3.63, 3.8) is 0 Å². The summed E-state index contributed by atoms with van der Waals surface area (Å²) in [6, 6.07) is 10.4. The van der Waals surface area contributed by atoms with Gasteiger partial charge >= 0.3 is 12.1 Å². The van der Waals surface area contributed by atoms with Crippen molar-refractivity contribution in [2.75, 3.05) is 0 Å². The van der Waals surface area contributed by atoms with E-state index >= 15 is 0 Å². The zero-order valence-electron chi connectivity index (χ0n) is 12.9. The van der Waals surface area contributed by atoms with E-state index in [1.807, 2.05) is 6.92 Å².